The second-order valence-corrected chi connectivity index (χ2v) is 4.38. The molecule has 1 aliphatic rings. The molecule has 1 aromatic heterocycles. The van der Waals surface area contributed by atoms with Crippen molar-refractivity contribution in [3.63, 3.8) is 0 Å². The highest BCUT2D eigenvalue weighted by molar-refractivity contribution is 5.08. The number of rotatable bonds is 2. The van der Waals surface area contributed by atoms with Crippen molar-refractivity contribution >= 4 is 0 Å². The summed E-state index contributed by atoms with van der Waals surface area (Å²) in [6, 6.07) is 2.00. The summed E-state index contributed by atoms with van der Waals surface area (Å²) >= 11 is 0. The largest absolute Gasteiger partial charge is 0.293 e. The fourth-order valence-electron chi connectivity index (χ4n) is 1.99. The molecule has 5 heteroatoms. The third-order valence-electron chi connectivity index (χ3n) is 2.80. The summed E-state index contributed by atoms with van der Waals surface area (Å²) in [5, 5.41) is 1.86. The Hall–Kier alpha value is -1.04. The Labute approximate surface area is 96.2 Å². The Morgan fingerprint density at radius 1 is 1.12 bits per heavy atom. The second kappa shape index (κ2) is 4.86. The van der Waals surface area contributed by atoms with Gasteiger partial charge < -0.3 is 0 Å². The molecule has 16 heavy (non-hydrogen) atoms. The molecule has 0 saturated carbocycles. The van der Waals surface area contributed by atoms with Gasteiger partial charge in [-0.05, 0) is 19.9 Å². The number of nitrogens with two attached hydrogens (primary N) is 1. The Kier molecular flexibility index (Phi) is 3.48. The van der Waals surface area contributed by atoms with E-state index in [-0.39, 0.29) is 0 Å². The Bertz CT molecular complexity index is 337. The van der Waals surface area contributed by atoms with Crippen LogP contribution in [0.25, 0.3) is 0 Å². The van der Waals surface area contributed by atoms with Crippen molar-refractivity contribution in [2.75, 3.05) is 26.2 Å². The number of nitrogens with zero attached hydrogens (tertiary/aromatic N) is 4. The van der Waals surface area contributed by atoms with Gasteiger partial charge in [0.25, 0.3) is 0 Å². The second-order valence-electron chi connectivity index (χ2n) is 4.38. The first-order valence-corrected chi connectivity index (χ1v) is 5.66. The molecule has 0 spiro atoms. The lowest BCUT2D eigenvalue weighted by atomic mass is 10.3. The van der Waals surface area contributed by atoms with Crippen molar-refractivity contribution in [1.82, 2.24) is 19.9 Å². The van der Waals surface area contributed by atoms with Crippen LogP contribution in [0.2, 0.25) is 0 Å². The van der Waals surface area contributed by atoms with Crippen molar-refractivity contribution < 1.29 is 0 Å². The summed E-state index contributed by atoms with van der Waals surface area (Å²) in [6.45, 7) is 8.68. The molecule has 0 amide bonds. The van der Waals surface area contributed by atoms with Crippen molar-refractivity contribution in [1.29, 1.82) is 0 Å². The van der Waals surface area contributed by atoms with Crippen LogP contribution < -0.4 is 5.84 Å². The van der Waals surface area contributed by atoms with Crippen LogP contribution in [0.5, 0.6) is 0 Å². The van der Waals surface area contributed by atoms with Gasteiger partial charge in [-0.3, -0.25) is 10.7 Å². The number of hydrogen-bond acceptors (Lipinski definition) is 5. The number of piperazine rings is 1. The van der Waals surface area contributed by atoms with E-state index in [1.165, 1.54) is 0 Å². The molecule has 0 radical (unpaired) electrons. The normalized spacial score (nSPS) is 18.9. The van der Waals surface area contributed by atoms with E-state index in [9.17, 15) is 0 Å². The minimum atomic E-state index is 0.830. The van der Waals surface area contributed by atoms with E-state index in [4.69, 9.17) is 5.84 Å². The lowest BCUT2D eigenvalue weighted by Gasteiger charge is -2.31. The highest BCUT2D eigenvalue weighted by atomic mass is 15.4. The van der Waals surface area contributed by atoms with Gasteiger partial charge in [0.05, 0.1) is 6.54 Å². The summed E-state index contributed by atoms with van der Waals surface area (Å²) in [5.74, 6) is 6.63. The van der Waals surface area contributed by atoms with Gasteiger partial charge >= 0.3 is 0 Å². The zero-order chi connectivity index (χ0) is 11.5. The predicted octanol–water partition coefficient (Wildman–Crippen LogP) is 0.0847. The average Bonchev–Trinajstić information content (AvgIpc) is 2.20. The molecule has 0 aliphatic carbocycles. The number of hydrogen-bond donors (Lipinski definition) is 1. The molecule has 2 heterocycles. The van der Waals surface area contributed by atoms with Gasteiger partial charge in [-0.1, -0.05) is 0 Å². The summed E-state index contributed by atoms with van der Waals surface area (Å²) < 4.78 is 0. The van der Waals surface area contributed by atoms with Crippen molar-refractivity contribution in [2.45, 2.75) is 20.4 Å². The molecular weight excluding hydrogens is 202 g/mol. The fourth-order valence-corrected chi connectivity index (χ4v) is 1.99. The molecule has 0 unspecified atom stereocenters. The summed E-state index contributed by atoms with van der Waals surface area (Å²) in [4.78, 5) is 11.2. The van der Waals surface area contributed by atoms with E-state index in [0.717, 1.165) is 49.9 Å². The number of hydrazine groups is 1. The molecule has 0 aromatic carbocycles. The Balaban J connectivity index is 1.98. The first kappa shape index (κ1) is 11.4. The van der Waals surface area contributed by atoms with Gasteiger partial charge in [-0.25, -0.2) is 15.0 Å². The predicted molar refractivity (Wildman–Crippen MR) is 62.5 cm³/mol. The molecule has 1 aromatic rings. The summed E-state index contributed by atoms with van der Waals surface area (Å²) in [5.41, 5.74) is 2.08. The number of aromatic nitrogens is 2. The van der Waals surface area contributed by atoms with Crippen molar-refractivity contribution in [3.8, 4) is 0 Å². The van der Waals surface area contributed by atoms with E-state index < -0.39 is 0 Å². The van der Waals surface area contributed by atoms with E-state index in [1.807, 2.05) is 24.9 Å². The highest BCUT2D eigenvalue weighted by Gasteiger charge is 2.15. The van der Waals surface area contributed by atoms with Crippen LogP contribution in [0, 0.1) is 13.8 Å². The molecular formula is C11H19N5. The summed E-state index contributed by atoms with van der Waals surface area (Å²) in [7, 11) is 0. The molecule has 88 valence electrons. The number of aryl methyl sites for hydroxylation is 2. The lowest BCUT2D eigenvalue weighted by molar-refractivity contribution is 0.126. The van der Waals surface area contributed by atoms with E-state index in [2.05, 4.69) is 14.9 Å². The van der Waals surface area contributed by atoms with Crippen LogP contribution in [-0.2, 0) is 6.54 Å². The maximum Gasteiger partial charge on any atom is 0.142 e. The molecule has 1 aliphatic heterocycles. The Morgan fingerprint density at radius 3 is 2.25 bits per heavy atom. The molecule has 0 bridgehead atoms. The van der Waals surface area contributed by atoms with Crippen LogP contribution >= 0.6 is 0 Å². The summed E-state index contributed by atoms with van der Waals surface area (Å²) in [6.07, 6.45) is 0. The molecule has 1 saturated heterocycles. The monoisotopic (exact) mass is 221 g/mol. The maximum atomic E-state index is 5.71. The van der Waals surface area contributed by atoms with Crippen molar-refractivity contribution in [3.05, 3.63) is 23.3 Å². The SMILES string of the molecule is Cc1cc(C)nc(CN2CCN(N)CC2)n1. The van der Waals surface area contributed by atoms with Gasteiger partial charge in [-0.2, -0.15) is 0 Å². The van der Waals surface area contributed by atoms with Gasteiger partial charge in [0.1, 0.15) is 5.82 Å². The molecule has 2 rings (SSSR count). The van der Waals surface area contributed by atoms with Gasteiger partial charge in [0.15, 0.2) is 0 Å². The minimum Gasteiger partial charge on any atom is -0.293 e. The molecule has 5 nitrogen and oxygen atoms in total. The van der Waals surface area contributed by atoms with Crippen LogP contribution in [0.3, 0.4) is 0 Å². The van der Waals surface area contributed by atoms with Crippen LogP contribution in [0.1, 0.15) is 17.2 Å². The fraction of sp³-hybridized carbons (Fsp3) is 0.636. The third kappa shape index (κ3) is 2.98. The molecule has 1 fully saturated rings. The topological polar surface area (TPSA) is 58.3 Å². The first-order valence-electron chi connectivity index (χ1n) is 5.66. The standard InChI is InChI=1S/C11H19N5/c1-9-7-10(2)14-11(13-9)8-15-3-5-16(12)6-4-15/h7H,3-6,8,12H2,1-2H3. The third-order valence-corrected chi connectivity index (χ3v) is 2.80. The van der Waals surface area contributed by atoms with E-state index >= 15 is 0 Å². The zero-order valence-corrected chi connectivity index (χ0v) is 9.98. The minimum absolute atomic E-state index is 0.830. The molecule has 0 atom stereocenters. The highest BCUT2D eigenvalue weighted by Crippen LogP contribution is 2.05. The first-order chi connectivity index (χ1) is 7.63. The van der Waals surface area contributed by atoms with E-state index in [0.29, 0.717) is 0 Å². The van der Waals surface area contributed by atoms with Gasteiger partial charge in [0, 0.05) is 37.6 Å². The average molecular weight is 221 g/mol. The van der Waals surface area contributed by atoms with Crippen LogP contribution in [-0.4, -0.2) is 46.1 Å². The van der Waals surface area contributed by atoms with Crippen LogP contribution in [0.15, 0.2) is 6.07 Å². The molecule has 2 N–H and O–H groups in total. The van der Waals surface area contributed by atoms with Gasteiger partial charge in [-0.15, -0.1) is 0 Å². The van der Waals surface area contributed by atoms with Crippen LogP contribution in [0.4, 0.5) is 0 Å². The van der Waals surface area contributed by atoms with Gasteiger partial charge in [0.2, 0.25) is 0 Å². The lowest BCUT2D eigenvalue weighted by Crippen LogP contribution is -2.49. The maximum absolute atomic E-state index is 5.71. The van der Waals surface area contributed by atoms with E-state index in [1.54, 1.807) is 0 Å². The zero-order valence-electron chi connectivity index (χ0n) is 9.98. The van der Waals surface area contributed by atoms with Crippen molar-refractivity contribution in [2.24, 2.45) is 5.84 Å². The smallest absolute Gasteiger partial charge is 0.142 e. The quantitative estimate of drug-likeness (QED) is 0.717. The Morgan fingerprint density at radius 2 is 1.69 bits per heavy atom.